The van der Waals surface area contributed by atoms with Gasteiger partial charge in [-0.25, -0.2) is 4.79 Å². The smallest absolute Gasteiger partial charge is 0.380 e. The van der Waals surface area contributed by atoms with Gasteiger partial charge in [0, 0.05) is 18.0 Å². The number of benzene rings is 1. The number of nitrogens with zero attached hydrogens (tertiary/aromatic N) is 3. The molecule has 0 saturated carbocycles. The van der Waals surface area contributed by atoms with Crippen LogP contribution in [0.5, 0.6) is 0 Å². The molecule has 0 spiro atoms. The Labute approximate surface area is 148 Å². The number of aromatic nitrogens is 2. The molecular formula is C17H19F3N4O2. The average molecular weight is 368 g/mol. The van der Waals surface area contributed by atoms with Crippen LogP contribution in [0.2, 0.25) is 0 Å². The van der Waals surface area contributed by atoms with Crippen LogP contribution in [-0.4, -0.2) is 21.6 Å². The van der Waals surface area contributed by atoms with Gasteiger partial charge in [-0.3, -0.25) is 4.68 Å². The van der Waals surface area contributed by atoms with E-state index in [-0.39, 0.29) is 22.5 Å². The zero-order valence-electron chi connectivity index (χ0n) is 14.8. The summed E-state index contributed by atoms with van der Waals surface area (Å²) in [6.45, 7) is 5.85. The minimum atomic E-state index is -4.44. The topological polar surface area (TPSA) is 82.5 Å². The van der Waals surface area contributed by atoms with E-state index in [1.54, 1.807) is 13.1 Å². The van der Waals surface area contributed by atoms with Crippen LogP contribution in [0.3, 0.4) is 0 Å². The number of carbonyl (C=O) groups excluding carboxylic acids is 1. The third kappa shape index (κ3) is 4.41. The van der Waals surface area contributed by atoms with Gasteiger partial charge in [-0.15, -0.1) is 0 Å². The number of aryl methyl sites for hydroxylation is 1. The van der Waals surface area contributed by atoms with E-state index in [2.05, 4.69) is 10.3 Å². The number of amidine groups is 1. The van der Waals surface area contributed by atoms with Crippen LogP contribution >= 0.6 is 0 Å². The number of halogens is 3. The Morgan fingerprint density at radius 1 is 1.19 bits per heavy atom. The van der Waals surface area contributed by atoms with Crippen molar-refractivity contribution in [1.82, 2.24) is 9.78 Å². The van der Waals surface area contributed by atoms with Gasteiger partial charge < -0.3 is 10.6 Å². The molecule has 0 aliphatic heterocycles. The highest BCUT2D eigenvalue weighted by Crippen LogP contribution is 2.29. The number of hydrogen-bond donors (Lipinski definition) is 1. The molecule has 1 aromatic carbocycles. The molecule has 140 valence electrons. The molecule has 1 heterocycles. The zero-order chi connectivity index (χ0) is 19.7. The van der Waals surface area contributed by atoms with Crippen molar-refractivity contribution in [3.63, 3.8) is 0 Å². The van der Waals surface area contributed by atoms with Crippen LogP contribution in [-0.2, 0) is 23.5 Å². The van der Waals surface area contributed by atoms with Crippen molar-refractivity contribution < 1.29 is 22.8 Å². The first-order chi connectivity index (χ1) is 11.9. The lowest BCUT2D eigenvalue weighted by Crippen LogP contribution is -2.16. The summed E-state index contributed by atoms with van der Waals surface area (Å²) in [6.07, 6.45) is -4.44. The van der Waals surface area contributed by atoms with Gasteiger partial charge in [0.05, 0.1) is 11.3 Å². The third-order valence-corrected chi connectivity index (χ3v) is 3.59. The maximum absolute atomic E-state index is 12.5. The lowest BCUT2D eigenvalue weighted by molar-refractivity contribution is -0.137. The first kappa shape index (κ1) is 19.5. The summed E-state index contributed by atoms with van der Waals surface area (Å²) in [5.41, 5.74) is 5.68. The van der Waals surface area contributed by atoms with Gasteiger partial charge in [0.15, 0.2) is 5.84 Å². The quantitative estimate of drug-likeness (QED) is 0.390. The van der Waals surface area contributed by atoms with E-state index < -0.39 is 17.7 Å². The minimum absolute atomic E-state index is 0.180. The summed E-state index contributed by atoms with van der Waals surface area (Å²) in [6, 6.07) is 5.63. The first-order valence-corrected chi connectivity index (χ1v) is 7.66. The van der Waals surface area contributed by atoms with Gasteiger partial charge in [0.2, 0.25) is 0 Å². The van der Waals surface area contributed by atoms with E-state index in [4.69, 9.17) is 10.6 Å². The number of nitrogens with two attached hydrogens (primary N) is 1. The van der Waals surface area contributed by atoms with Crippen LogP contribution in [0.1, 0.15) is 48.1 Å². The van der Waals surface area contributed by atoms with Gasteiger partial charge in [0.25, 0.3) is 0 Å². The van der Waals surface area contributed by atoms with Crippen molar-refractivity contribution >= 4 is 11.8 Å². The zero-order valence-corrected chi connectivity index (χ0v) is 14.8. The monoisotopic (exact) mass is 368 g/mol. The Kier molecular flexibility index (Phi) is 5.11. The first-order valence-electron chi connectivity index (χ1n) is 7.66. The predicted molar refractivity (Wildman–Crippen MR) is 89.5 cm³/mol. The number of alkyl halides is 3. The fourth-order valence-corrected chi connectivity index (χ4v) is 2.04. The number of carbonyl (C=O) groups is 1. The van der Waals surface area contributed by atoms with Crippen molar-refractivity contribution in [2.45, 2.75) is 32.4 Å². The molecule has 2 N–H and O–H groups in total. The Bertz CT molecular complexity index is 831. The number of hydrogen-bond acceptors (Lipinski definition) is 4. The summed E-state index contributed by atoms with van der Waals surface area (Å²) in [4.78, 5) is 16.9. The summed E-state index contributed by atoms with van der Waals surface area (Å²) in [7, 11) is 1.59. The lowest BCUT2D eigenvalue weighted by Gasteiger charge is -2.13. The molecule has 0 bridgehead atoms. The highest BCUT2D eigenvalue weighted by molar-refractivity contribution is 5.98. The van der Waals surface area contributed by atoms with Gasteiger partial charge in [-0.2, -0.15) is 18.3 Å². The Morgan fingerprint density at radius 3 is 2.23 bits per heavy atom. The molecule has 2 aromatic rings. The van der Waals surface area contributed by atoms with E-state index in [1.807, 2.05) is 20.8 Å². The Balaban J connectivity index is 2.14. The van der Waals surface area contributed by atoms with Gasteiger partial charge in [-0.1, -0.05) is 38.1 Å². The predicted octanol–water partition coefficient (Wildman–Crippen LogP) is 3.21. The fourth-order valence-electron chi connectivity index (χ4n) is 2.04. The van der Waals surface area contributed by atoms with Gasteiger partial charge in [-0.05, 0) is 18.2 Å². The van der Waals surface area contributed by atoms with Crippen molar-refractivity contribution in [1.29, 1.82) is 0 Å². The van der Waals surface area contributed by atoms with Crippen molar-refractivity contribution in [3.8, 4) is 0 Å². The molecule has 0 amide bonds. The summed E-state index contributed by atoms with van der Waals surface area (Å²) in [5, 5.41) is 7.75. The SMILES string of the molecule is Cn1nc(C(C)(C)C)cc1C(=O)ON=C(N)c1ccc(C(F)(F)F)cc1. The maximum atomic E-state index is 12.5. The van der Waals surface area contributed by atoms with Crippen LogP contribution in [0, 0.1) is 0 Å². The largest absolute Gasteiger partial charge is 0.416 e. The van der Waals surface area contributed by atoms with Crippen LogP contribution in [0.4, 0.5) is 13.2 Å². The molecule has 0 atom stereocenters. The molecule has 2 rings (SSSR count). The van der Waals surface area contributed by atoms with E-state index in [0.717, 1.165) is 24.3 Å². The Morgan fingerprint density at radius 2 is 1.77 bits per heavy atom. The summed E-state index contributed by atoms with van der Waals surface area (Å²) < 4.78 is 39.0. The molecular weight excluding hydrogens is 349 g/mol. The Hall–Kier alpha value is -2.84. The second-order valence-corrected chi connectivity index (χ2v) is 6.72. The fraction of sp³-hybridized carbons (Fsp3) is 0.353. The molecule has 0 radical (unpaired) electrons. The second-order valence-electron chi connectivity index (χ2n) is 6.72. The normalized spacial score (nSPS) is 13.0. The molecule has 26 heavy (non-hydrogen) atoms. The van der Waals surface area contributed by atoms with Crippen molar-refractivity contribution in [2.24, 2.45) is 17.9 Å². The van der Waals surface area contributed by atoms with Crippen LogP contribution in [0.15, 0.2) is 35.5 Å². The van der Waals surface area contributed by atoms with E-state index in [9.17, 15) is 18.0 Å². The highest BCUT2D eigenvalue weighted by Gasteiger charge is 2.30. The molecule has 1 aromatic heterocycles. The number of rotatable bonds is 3. The second kappa shape index (κ2) is 6.81. The van der Waals surface area contributed by atoms with E-state index >= 15 is 0 Å². The van der Waals surface area contributed by atoms with Crippen LogP contribution < -0.4 is 5.73 Å². The highest BCUT2D eigenvalue weighted by atomic mass is 19.4. The molecule has 0 saturated heterocycles. The molecule has 9 heteroatoms. The number of oxime groups is 1. The third-order valence-electron chi connectivity index (χ3n) is 3.59. The average Bonchev–Trinajstić information content (AvgIpc) is 2.94. The summed E-state index contributed by atoms with van der Waals surface area (Å²) in [5.74, 6) is -0.990. The standard InChI is InChI=1S/C17H19F3N4O2/c1-16(2,3)13-9-12(24(4)22-13)15(25)26-23-14(21)10-5-7-11(8-6-10)17(18,19)20/h5-9H,1-4H3,(H2,21,23). The molecule has 0 aliphatic rings. The van der Waals surface area contributed by atoms with Crippen LogP contribution in [0.25, 0.3) is 0 Å². The minimum Gasteiger partial charge on any atom is -0.380 e. The molecule has 0 unspecified atom stereocenters. The maximum Gasteiger partial charge on any atom is 0.416 e. The van der Waals surface area contributed by atoms with E-state index in [1.165, 1.54) is 4.68 Å². The van der Waals surface area contributed by atoms with E-state index in [0.29, 0.717) is 5.69 Å². The molecule has 0 aliphatic carbocycles. The molecule has 6 nitrogen and oxygen atoms in total. The van der Waals surface area contributed by atoms with Crippen molar-refractivity contribution in [3.05, 3.63) is 52.8 Å². The summed E-state index contributed by atoms with van der Waals surface area (Å²) >= 11 is 0. The van der Waals surface area contributed by atoms with Crippen molar-refractivity contribution in [2.75, 3.05) is 0 Å². The molecule has 0 fully saturated rings. The van der Waals surface area contributed by atoms with Gasteiger partial charge in [0.1, 0.15) is 5.69 Å². The van der Waals surface area contributed by atoms with Gasteiger partial charge >= 0.3 is 12.1 Å². The lowest BCUT2D eigenvalue weighted by atomic mass is 9.92.